The summed E-state index contributed by atoms with van der Waals surface area (Å²) < 4.78 is 40.3. The molecule has 0 N–H and O–H groups in total. The van der Waals surface area contributed by atoms with Gasteiger partial charge in [-0.2, -0.15) is 0 Å². The van der Waals surface area contributed by atoms with Crippen LogP contribution in [0.25, 0.3) is 0 Å². The lowest BCUT2D eigenvalue weighted by Gasteiger charge is -2.32. The quantitative estimate of drug-likeness (QED) is 0.0188. The Morgan fingerprint density at radius 3 is 1.21 bits per heavy atom. The number of nitrogens with zero attached hydrogens (tertiary/aromatic N) is 1. The number of hydrogen-bond donors (Lipinski definition) is 0. The summed E-state index contributed by atoms with van der Waals surface area (Å²) in [5.41, 5.74) is -2.33. The van der Waals surface area contributed by atoms with Gasteiger partial charge in [-0.05, 0) is 47.0 Å². The van der Waals surface area contributed by atoms with Crippen molar-refractivity contribution in [1.82, 2.24) is 0 Å². The van der Waals surface area contributed by atoms with Crippen LogP contribution in [0.5, 0.6) is 0 Å². The van der Waals surface area contributed by atoms with Crippen LogP contribution in [-0.4, -0.2) is 94.7 Å². The summed E-state index contributed by atoms with van der Waals surface area (Å²) in [6, 6.07) is 0. The van der Waals surface area contributed by atoms with Gasteiger partial charge in [-0.25, -0.2) is 0 Å². The molecule has 0 aromatic heterocycles. The van der Waals surface area contributed by atoms with Gasteiger partial charge in [0.05, 0.1) is 38.6 Å². The molecule has 0 rings (SSSR count). The van der Waals surface area contributed by atoms with E-state index in [2.05, 4.69) is 13.8 Å². The summed E-state index contributed by atoms with van der Waals surface area (Å²) in [5, 5.41) is 0. The maximum Gasteiger partial charge on any atom is 0.311 e. The summed E-state index contributed by atoms with van der Waals surface area (Å²) in [6.07, 6.45) is 36.0. The molecule has 0 saturated heterocycles. The van der Waals surface area contributed by atoms with E-state index in [-0.39, 0.29) is 51.7 Å². The second-order valence-electron chi connectivity index (χ2n) is 22.1. The molecular weight excluding hydrogens is 882 g/mol. The van der Waals surface area contributed by atoms with Crippen molar-refractivity contribution in [3.8, 4) is 0 Å². The van der Waals surface area contributed by atoms with Gasteiger partial charge in [0.15, 0.2) is 6.10 Å². The number of esters is 4. The van der Waals surface area contributed by atoms with Crippen molar-refractivity contribution in [1.29, 1.82) is 0 Å². The van der Waals surface area contributed by atoms with Crippen molar-refractivity contribution in [2.45, 2.75) is 260 Å². The highest BCUT2D eigenvalue weighted by atomic mass is 31.2. The monoisotopic (exact) mass is 988 g/mol. The van der Waals surface area contributed by atoms with Gasteiger partial charge in [0.1, 0.15) is 34.0 Å². The number of hydrogen-bond acceptors (Lipinski definition) is 11. The molecule has 0 fully saturated rings. The lowest BCUT2D eigenvalue weighted by atomic mass is 9.75. The summed E-state index contributed by atoms with van der Waals surface area (Å²) in [4.78, 5) is 64.7. The number of rotatable bonds is 48. The van der Waals surface area contributed by atoms with E-state index in [1.807, 2.05) is 21.1 Å². The molecule has 0 heterocycles. The van der Waals surface area contributed by atoms with E-state index in [9.17, 15) is 28.6 Å². The topological polar surface area (TPSA) is 155 Å². The summed E-state index contributed by atoms with van der Waals surface area (Å²) in [6.45, 7) is 10.7. The highest BCUT2D eigenvalue weighted by Crippen LogP contribution is 2.38. The highest BCUT2D eigenvalue weighted by Gasteiger charge is 2.41. The molecule has 2 unspecified atom stereocenters. The average Bonchev–Trinajstić information content (AvgIpc) is 3.26. The Hall–Kier alpha value is -2.01. The zero-order valence-corrected chi connectivity index (χ0v) is 46.4. The smallest absolute Gasteiger partial charge is 0.311 e. The van der Waals surface area contributed by atoms with Crippen molar-refractivity contribution >= 4 is 31.5 Å². The van der Waals surface area contributed by atoms with E-state index in [4.69, 9.17) is 23.5 Å². The maximum absolute atomic E-state index is 13.5. The molecule has 13 heteroatoms. The van der Waals surface area contributed by atoms with Crippen molar-refractivity contribution < 1.29 is 56.6 Å². The van der Waals surface area contributed by atoms with Crippen LogP contribution in [0.1, 0.15) is 253 Å². The van der Waals surface area contributed by atoms with E-state index in [0.29, 0.717) is 17.4 Å². The molecular formula is C55H106NO11P. The third kappa shape index (κ3) is 40.7. The average molecular weight is 988 g/mol. The van der Waals surface area contributed by atoms with Gasteiger partial charge in [0.25, 0.3) is 0 Å². The molecule has 0 aliphatic heterocycles. The van der Waals surface area contributed by atoms with Gasteiger partial charge >= 0.3 is 23.9 Å². The fourth-order valence-corrected chi connectivity index (χ4v) is 9.28. The van der Waals surface area contributed by atoms with Crippen molar-refractivity contribution in [3.05, 3.63) is 0 Å². The molecule has 0 aliphatic rings. The Labute approximate surface area is 417 Å². The Balaban J connectivity index is 4.94. The molecule has 0 spiro atoms. The summed E-state index contributed by atoms with van der Waals surface area (Å²) in [7, 11) is 1.58. The zero-order valence-electron chi connectivity index (χ0n) is 45.5. The fraction of sp³-hybridized carbons (Fsp3) is 0.927. The van der Waals surface area contributed by atoms with Crippen molar-refractivity contribution in [2.24, 2.45) is 10.8 Å². The number of carbonyl (C=O) groups is 4. The highest BCUT2D eigenvalue weighted by molar-refractivity contribution is 7.51. The molecule has 0 amide bonds. The molecule has 0 saturated carbocycles. The number of carbonyl (C=O) groups excluding carboxylic acids is 4. The molecule has 68 heavy (non-hydrogen) atoms. The second-order valence-corrected chi connectivity index (χ2v) is 24.0. The first-order valence-corrected chi connectivity index (χ1v) is 29.4. The minimum absolute atomic E-state index is 0.0294. The Bertz CT molecular complexity index is 1330. The number of unbranched alkanes of at least 4 members (excludes halogenated alkanes) is 28. The molecule has 0 aromatic carbocycles. The predicted molar refractivity (Wildman–Crippen MR) is 275 cm³/mol. The van der Waals surface area contributed by atoms with Gasteiger partial charge in [-0.1, -0.05) is 194 Å². The standard InChI is InChI=1S/C55H106NO11P/c1-10-12-14-16-18-20-22-24-26-28-30-32-34-36-38-40-50(57)64-46-49(67-51(58)41-39-37-35-33-31-29-27-25-23-21-19-17-15-13-11-2)47-65-53(60)55(5,6)48-54(3,4)52(59)63-44-45-68(61,62)66-43-42-56(7,8)9/h49H,10-48H2,1-9H3. The van der Waals surface area contributed by atoms with Crippen molar-refractivity contribution in [3.63, 3.8) is 0 Å². The fourth-order valence-electron chi connectivity index (χ4n) is 8.48. The van der Waals surface area contributed by atoms with Crippen LogP contribution in [-0.2, 0) is 47.2 Å². The van der Waals surface area contributed by atoms with Crippen molar-refractivity contribution in [2.75, 3.05) is 60.3 Å². The third-order valence-corrected chi connectivity index (χ3v) is 14.0. The minimum Gasteiger partial charge on any atom is -0.778 e. The van der Waals surface area contributed by atoms with Crippen LogP contribution >= 0.6 is 7.60 Å². The van der Waals surface area contributed by atoms with Crippen LogP contribution in [0.15, 0.2) is 0 Å². The Morgan fingerprint density at radius 1 is 0.485 bits per heavy atom. The Morgan fingerprint density at radius 2 is 0.824 bits per heavy atom. The van der Waals surface area contributed by atoms with E-state index in [1.165, 1.54) is 148 Å². The number of likely N-dealkylation sites (N-methyl/N-ethyl adjacent to an activating group) is 1. The first-order valence-electron chi connectivity index (χ1n) is 27.7. The lowest BCUT2D eigenvalue weighted by molar-refractivity contribution is -0.870. The van der Waals surface area contributed by atoms with Crippen LogP contribution in [0, 0.1) is 10.8 Å². The van der Waals surface area contributed by atoms with E-state index in [1.54, 1.807) is 27.7 Å². The van der Waals surface area contributed by atoms with Crippen LogP contribution in [0.2, 0.25) is 0 Å². The van der Waals surface area contributed by atoms with Crippen LogP contribution < -0.4 is 4.89 Å². The maximum atomic E-state index is 13.5. The normalized spacial score (nSPS) is 13.5. The van der Waals surface area contributed by atoms with Gasteiger partial charge in [-0.3, -0.25) is 19.2 Å². The van der Waals surface area contributed by atoms with E-state index in [0.717, 1.165) is 38.5 Å². The molecule has 0 radical (unpaired) electrons. The van der Waals surface area contributed by atoms with E-state index < -0.39 is 48.6 Å². The third-order valence-electron chi connectivity index (χ3n) is 12.7. The molecule has 0 aromatic rings. The molecule has 402 valence electrons. The molecule has 12 nitrogen and oxygen atoms in total. The predicted octanol–water partition coefficient (Wildman–Crippen LogP) is 13.8. The van der Waals surface area contributed by atoms with Gasteiger partial charge in [0.2, 0.25) is 0 Å². The zero-order chi connectivity index (χ0) is 51.0. The van der Waals surface area contributed by atoms with Gasteiger partial charge in [-0.15, -0.1) is 0 Å². The van der Waals surface area contributed by atoms with Crippen LogP contribution in [0.3, 0.4) is 0 Å². The molecule has 0 aliphatic carbocycles. The minimum atomic E-state index is -4.20. The first-order chi connectivity index (χ1) is 32.2. The van der Waals surface area contributed by atoms with Gasteiger partial charge in [0, 0.05) is 19.0 Å². The number of ether oxygens (including phenoxy) is 4. The first kappa shape index (κ1) is 66.0. The Kier molecular flexibility index (Phi) is 39.4. The summed E-state index contributed by atoms with van der Waals surface area (Å²) >= 11 is 0. The second kappa shape index (κ2) is 40.6. The lowest BCUT2D eigenvalue weighted by Crippen LogP contribution is -2.39. The summed E-state index contributed by atoms with van der Waals surface area (Å²) in [5.74, 6) is -2.08. The molecule has 2 atom stereocenters. The van der Waals surface area contributed by atoms with E-state index >= 15 is 0 Å². The number of quaternary nitrogens is 1. The largest absolute Gasteiger partial charge is 0.778 e. The SMILES string of the molecule is CCCCCCCCCCCCCCCCCC(=O)OCC(COC(=O)C(C)(C)CC(C)(C)C(=O)OCCP(=O)([O-])OCC[N+](C)(C)C)OC(=O)CCCCCCCCCCCCCCCCC. The van der Waals surface area contributed by atoms with Crippen LogP contribution in [0.4, 0.5) is 0 Å². The van der Waals surface area contributed by atoms with Gasteiger partial charge < -0.3 is 37.4 Å². The molecule has 0 bridgehead atoms.